The monoisotopic (exact) mass is 139 g/mol. The van der Waals surface area contributed by atoms with Crippen LogP contribution in [-0.2, 0) is 0 Å². The van der Waals surface area contributed by atoms with E-state index in [2.05, 4.69) is 19.1 Å². The Morgan fingerprint density at radius 2 is 2.40 bits per heavy atom. The SMILES string of the molecule is CCC(N)C1CC=CCC1. The fourth-order valence-corrected chi connectivity index (χ4v) is 1.54. The molecule has 1 aliphatic rings. The van der Waals surface area contributed by atoms with E-state index in [0.717, 1.165) is 12.3 Å². The van der Waals surface area contributed by atoms with Crippen LogP contribution in [-0.4, -0.2) is 6.04 Å². The van der Waals surface area contributed by atoms with Gasteiger partial charge in [-0.2, -0.15) is 0 Å². The number of hydrogen-bond donors (Lipinski definition) is 1. The molecule has 0 saturated carbocycles. The summed E-state index contributed by atoms with van der Waals surface area (Å²) in [6, 6.07) is 0.435. The molecule has 1 aliphatic carbocycles. The molecule has 0 fully saturated rings. The van der Waals surface area contributed by atoms with E-state index in [9.17, 15) is 0 Å². The summed E-state index contributed by atoms with van der Waals surface area (Å²) in [6.07, 6.45) is 9.39. The maximum absolute atomic E-state index is 5.91. The Labute approximate surface area is 63.3 Å². The molecule has 10 heavy (non-hydrogen) atoms. The molecule has 0 aromatic carbocycles. The fourth-order valence-electron chi connectivity index (χ4n) is 1.54. The van der Waals surface area contributed by atoms with E-state index in [4.69, 9.17) is 5.73 Å². The molecule has 0 aliphatic heterocycles. The standard InChI is InChI=1S/C9H17N/c1-2-9(10)8-6-4-3-5-7-8/h3-4,8-9H,2,5-7,10H2,1H3. The van der Waals surface area contributed by atoms with Crippen LogP contribution in [0.3, 0.4) is 0 Å². The highest BCUT2D eigenvalue weighted by molar-refractivity contribution is 4.92. The van der Waals surface area contributed by atoms with Gasteiger partial charge in [0.1, 0.15) is 0 Å². The van der Waals surface area contributed by atoms with Crippen LogP contribution >= 0.6 is 0 Å². The normalized spacial score (nSPS) is 28.4. The molecule has 0 amide bonds. The first-order valence-electron chi connectivity index (χ1n) is 4.25. The van der Waals surface area contributed by atoms with E-state index in [1.54, 1.807) is 0 Å². The van der Waals surface area contributed by atoms with Crippen LogP contribution in [0, 0.1) is 5.92 Å². The molecule has 0 radical (unpaired) electrons. The molecular weight excluding hydrogens is 122 g/mol. The molecule has 2 atom stereocenters. The van der Waals surface area contributed by atoms with Gasteiger partial charge in [-0.1, -0.05) is 19.1 Å². The minimum Gasteiger partial charge on any atom is -0.327 e. The minimum atomic E-state index is 0.435. The number of nitrogens with two attached hydrogens (primary N) is 1. The second kappa shape index (κ2) is 3.77. The Balaban J connectivity index is 2.33. The van der Waals surface area contributed by atoms with Crippen LogP contribution in [0.15, 0.2) is 12.2 Å². The zero-order valence-corrected chi connectivity index (χ0v) is 6.72. The molecular formula is C9H17N. The highest BCUT2D eigenvalue weighted by Gasteiger charge is 2.15. The minimum absolute atomic E-state index is 0.435. The summed E-state index contributed by atoms with van der Waals surface area (Å²) >= 11 is 0. The summed E-state index contributed by atoms with van der Waals surface area (Å²) in [7, 11) is 0. The van der Waals surface area contributed by atoms with Gasteiger partial charge in [0.2, 0.25) is 0 Å². The highest BCUT2D eigenvalue weighted by Crippen LogP contribution is 2.21. The third-order valence-electron chi connectivity index (χ3n) is 2.39. The molecule has 0 heterocycles. The summed E-state index contributed by atoms with van der Waals surface area (Å²) in [4.78, 5) is 0. The van der Waals surface area contributed by atoms with Gasteiger partial charge in [-0.15, -0.1) is 0 Å². The highest BCUT2D eigenvalue weighted by atomic mass is 14.6. The van der Waals surface area contributed by atoms with Crippen LogP contribution in [0.1, 0.15) is 32.6 Å². The summed E-state index contributed by atoms with van der Waals surface area (Å²) < 4.78 is 0. The maximum Gasteiger partial charge on any atom is 0.00676 e. The first kappa shape index (κ1) is 7.80. The van der Waals surface area contributed by atoms with Gasteiger partial charge in [-0.05, 0) is 31.6 Å². The predicted molar refractivity (Wildman–Crippen MR) is 44.7 cm³/mol. The van der Waals surface area contributed by atoms with Gasteiger partial charge in [0, 0.05) is 6.04 Å². The van der Waals surface area contributed by atoms with Crippen molar-refractivity contribution in [2.45, 2.75) is 38.6 Å². The Morgan fingerprint density at radius 3 is 2.90 bits per heavy atom. The Bertz CT molecular complexity index is 118. The van der Waals surface area contributed by atoms with Crippen LogP contribution in [0.2, 0.25) is 0 Å². The lowest BCUT2D eigenvalue weighted by molar-refractivity contribution is 0.380. The van der Waals surface area contributed by atoms with Crippen molar-refractivity contribution in [2.75, 3.05) is 0 Å². The fraction of sp³-hybridized carbons (Fsp3) is 0.778. The molecule has 0 spiro atoms. The average Bonchev–Trinajstić information content (AvgIpc) is 2.05. The van der Waals surface area contributed by atoms with Crippen molar-refractivity contribution >= 4 is 0 Å². The maximum atomic E-state index is 5.91. The van der Waals surface area contributed by atoms with Gasteiger partial charge >= 0.3 is 0 Å². The second-order valence-corrected chi connectivity index (χ2v) is 3.12. The van der Waals surface area contributed by atoms with Crippen LogP contribution in [0.25, 0.3) is 0 Å². The summed E-state index contributed by atoms with van der Waals surface area (Å²) in [5, 5.41) is 0. The zero-order valence-electron chi connectivity index (χ0n) is 6.72. The number of allylic oxidation sites excluding steroid dienone is 2. The van der Waals surface area contributed by atoms with E-state index >= 15 is 0 Å². The van der Waals surface area contributed by atoms with Gasteiger partial charge in [0.25, 0.3) is 0 Å². The smallest absolute Gasteiger partial charge is 0.00676 e. The third-order valence-corrected chi connectivity index (χ3v) is 2.39. The van der Waals surface area contributed by atoms with E-state index < -0.39 is 0 Å². The molecule has 2 N–H and O–H groups in total. The molecule has 0 saturated heterocycles. The van der Waals surface area contributed by atoms with Crippen LogP contribution in [0.4, 0.5) is 0 Å². The molecule has 0 aromatic rings. The molecule has 1 rings (SSSR count). The van der Waals surface area contributed by atoms with E-state index in [-0.39, 0.29) is 0 Å². The van der Waals surface area contributed by atoms with E-state index in [1.165, 1.54) is 19.3 Å². The van der Waals surface area contributed by atoms with Crippen molar-refractivity contribution in [1.82, 2.24) is 0 Å². The molecule has 58 valence electrons. The first-order chi connectivity index (χ1) is 4.84. The number of hydrogen-bond acceptors (Lipinski definition) is 1. The number of rotatable bonds is 2. The third kappa shape index (κ3) is 1.84. The quantitative estimate of drug-likeness (QED) is 0.582. The van der Waals surface area contributed by atoms with Gasteiger partial charge in [-0.3, -0.25) is 0 Å². The first-order valence-corrected chi connectivity index (χ1v) is 4.25. The summed E-state index contributed by atoms with van der Waals surface area (Å²) in [6.45, 7) is 2.17. The van der Waals surface area contributed by atoms with Crippen molar-refractivity contribution in [3.8, 4) is 0 Å². The Kier molecular flexibility index (Phi) is 2.94. The van der Waals surface area contributed by atoms with Crippen molar-refractivity contribution in [3.05, 3.63) is 12.2 Å². The predicted octanol–water partition coefficient (Wildman–Crippen LogP) is 2.08. The van der Waals surface area contributed by atoms with Gasteiger partial charge < -0.3 is 5.73 Å². The van der Waals surface area contributed by atoms with Crippen molar-refractivity contribution in [3.63, 3.8) is 0 Å². The topological polar surface area (TPSA) is 26.0 Å². The largest absolute Gasteiger partial charge is 0.327 e. The second-order valence-electron chi connectivity index (χ2n) is 3.12. The van der Waals surface area contributed by atoms with Crippen molar-refractivity contribution in [2.24, 2.45) is 11.7 Å². The average molecular weight is 139 g/mol. The van der Waals surface area contributed by atoms with Crippen molar-refractivity contribution < 1.29 is 0 Å². The Morgan fingerprint density at radius 1 is 1.60 bits per heavy atom. The van der Waals surface area contributed by atoms with E-state index in [0.29, 0.717) is 6.04 Å². The lowest BCUT2D eigenvalue weighted by Crippen LogP contribution is -2.29. The molecule has 0 bridgehead atoms. The molecule has 0 aromatic heterocycles. The van der Waals surface area contributed by atoms with Gasteiger partial charge in [0.15, 0.2) is 0 Å². The van der Waals surface area contributed by atoms with E-state index in [1.807, 2.05) is 0 Å². The van der Waals surface area contributed by atoms with Crippen LogP contribution < -0.4 is 5.73 Å². The molecule has 2 unspecified atom stereocenters. The summed E-state index contributed by atoms with van der Waals surface area (Å²) in [5.74, 6) is 0.759. The zero-order chi connectivity index (χ0) is 7.40. The lowest BCUT2D eigenvalue weighted by atomic mass is 9.87. The van der Waals surface area contributed by atoms with Gasteiger partial charge in [0.05, 0.1) is 0 Å². The Hall–Kier alpha value is -0.300. The molecule has 1 heteroatoms. The van der Waals surface area contributed by atoms with Gasteiger partial charge in [-0.25, -0.2) is 0 Å². The summed E-state index contributed by atoms with van der Waals surface area (Å²) in [5.41, 5.74) is 5.91. The van der Waals surface area contributed by atoms with Crippen LogP contribution in [0.5, 0.6) is 0 Å². The molecule has 1 nitrogen and oxygen atoms in total. The van der Waals surface area contributed by atoms with Crippen molar-refractivity contribution in [1.29, 1.82) is 0 Å². The lowest BCUT2D eigenvalue weighted by Gasteiger charge is -2.23.